The number of carbonyl (C=O) groups excluding carboxylic acids is 2. The largest absolute Gasteiger partial charge is 0.355 e. The quantitative estimate of drug-likeness (QED) is 0.267. The molecule has 0 aliphatic carbocycles. The molecule has 3 rings (SSSR count). The smallest absolute Gasteiger partial charge is 0.271 e. The Morgan fingerprint density at radius 1 is 0.974 bits per heavy atom. The van der Waals surface area contributed by atoms with E-state index in [0.717, 1.165) is 21.5 Å². The van der Waals surface area contributed by atoms with Gasteiger partial charge in [-0.1, -0.05) is 61.0 Å². The predicted molar refractivity (Wildman–Crippen MR) is 149 cm³/mol. The van der Waals surface area contributed by atoms with Crippen LogP contribution >= 0.6 is 0 Å². The second-order valence-electron chi connectivity index (χ2n) is 8.93. The number of aryl methyl sites for hydroxylation is 1. The lowest BCUT2D eigenvalue weighted by atomic mass is 10.1. The van der Waals surface area contributed by atoms with Crippen molar-refractivity contribution in [2.75, 3.05) is 17.4 Å². The van der Waals surface area contributed by atoms with Gasteiger partial charge >= 0.3 is 0 Å². The Kier molecular flexibility index (Phi) is 9.78. The lowest BCUT2D eigenvalue weighted by Crippen LogP contribution is -2.52. The van der Waals surface area contributed by atoms with Gasteiger partial charge in [-0.15, -0.1) is 0 Å². The number of carbonyl (C=O) groups is 2. The van der Waals surface area contributed by atoms with Gasteiger partial charge < -0.3 is 10.2 Å². The van der Waals surface area contributed by atoms with Crippen molar-refractivity contribution >= 4 is 33.2 Å². The molecule has 0 unspecified atom stereocenters. The summed E-state index contributed by atoms with van der Waals surface area (Å²) in [7, 11) is -4.30. The summed E-state index contributed by atoms with van der Waals surface area (Å²) in [6.45, 7) is 5.25. The molecule has 1 atom stereocenters. The summed E-state index contributed by atoms with van der Waals surface area (Å²) in [6, 6.07) is 19.2. The van der Waals surface area contributed by atoms with Crippen LogP contribution in [0.3, 0.4) is 0 Å². The van der Waals surface area contributed by atoms with Gasteiger partial charge in [0.25, 0.3) is 15.7 Å². The summed E-state index contributed by atoms with van der Waals surface area (Å²) < 4.78 is 28.4. The van der Waals surface area contributed by atoms with Crippen LogP contribution in [0.5, 0.6) is 0 Å². The minimum Gasteiger partial charge on any atom is -0.355 e. The zero-order chi connectivity index (χ0) is 28.6. The molecule has 10 nitrogen and oxygen atoms in total. The van der Waals surface area contributed by atoms with Gasteiger partial charge in [0.05, 0.1) is 15.5 Å². The summed E-state index contributed by atoms with van der Waals surface area (Å²) in [5.41, 5.74) is 1.43. The third kappa shape index (κ3) is 7.20. The zero-order valence-corrected chi connectivity index (χ0v) is 22.9. The number of rotatable bonds is 12. The van der Waals surface area contributed by atoms with E-state index in [-0.39, 0.29) is 28.7 Å². The summed E-state index contributed by atoms with van der Waals surface area (Å²) in [5, 5.41) is 14.2. The fourth-order valence-electron chi connectivity index (χ4n) is 4.11. The van der Waals surface area contributed by atoms with Crippen molar-refractivity contribution in [3.05, 3.63) is 100 Å². The summed E-state index contributed by atoms with van der Waals surface area (Å²) in [4.78, 5) is 38.9. The number of hydrogen-bond acceptors (Lipinski definition) is 6. The molecule has 0 heterocycles. The van der Waals surface area contributed by atoms with Crippen LogP contribution in [0.2, 0.25) is 0 Å². The molecule has 0 aliphatic heterocycles. The highest BCUT2D eigenvalue weighted by molar-refractivity contribution is 7.92. The second-order valence-corrected chi connectivity index (χ2v) is 10.8. The molecule has 0 fully saturated rings. The molecule has 11 heteroatoms. The number of anilines is 1. The van der Waals surface area contributed by atoms with Crippen LogP contribution in [0.1, 0.15) is 31.4 Å². The molecule has 0 saturated carbocycles. The number of benzene rings is 3. The Bertz CT molecular complexity index is 1410. The Morgan fingerprint density at radius 3 is 2.23 bits per heavy atom. The van der Waals surface area contributed by atoms with Gasteiger partial charge in [-0.05, 0) is 44.0 Å². The minimum absolute atomic E-state index is 0.0391. The van der Waals surface area contributed by atoms with E-state index < -0.39 is 33.4 Å². The molecule has 2 amide bonds. The lowest BCUT2D eigenvalue weighted by Gasteiger charge is -2.33. The van der Waals surface area contributed by atoms with Crippen LogP contribution in [0.25, 0.3) is 0 Å². The first-order chi connectivity index (χ1) is 18.6. The van der Waals surface area contributed by atoms with Crippen LogP contribution in [-0.2, 0) is 26.2 Å². The third-order valence-electron chi connectivity index (χ3n) is 6.15. The first kappa shape index (κ1) is 29.3. The SMILES string of the molecule is CCNC(=O)[C@@H](CC)N(Cc1ccc(C)cc1)C(=O)CN(c1cccc([N+](=O)[O-])c1)S(=O)(=O)c1ccccc1. The number of amides is 2. The lowest BCUT2D eigenvalue weighted by molar-refractivity contribution is -0.384. The van der Waals surface area contributed by atoms with Gasteiger partial charge in [-0.2, -0.15) is 0 Å². The summed E-state index contributed by atoms with van der Waals surface area (Å²) >= 11 is 0. The number of nitro groups is 1. The van der Waals surface area contributed by atoms with Crippen LogP contribution in [0.4, 0.5) is 11.4 Å². The average Bonchev–Trinajstić information content (AvgIpc) is 2.93. The van der Waals surface area contributed by atoms with Crippen molar-refractivity contribution < 1.29 is 22.9 Å². The Hall–Kier alpha value is -4.25. The van der Waals surface area contributed by atoms with Crippen molar-refractivity contribution in [1.82, 2.24) is 10.2 Å². The highest BCUT2D eigenvalue weighted by Crippen LogP contribution is 2.27. The molecule has 0 aliphatic rings. The van der Waals surface area contributed by atoms with Crippen molar-refractivity contribution in [1.29, 1.82) is 0 Å². The van der Waals surface area contributed by atoms with Crippen molar-refractivity contribution in [2.45, 2.75) is 44.7 Å². The van der Waals surface area contributed by atoms with E-state index in [9.17, 15) is 28.1 Å². The Morgan fingerprint density at radius 2 is 1.64 bits per heavy atom. The van der Waals surface area contributed by atoms with Gasteiger partial charge in [0.1, 0.15) is 12.6 Å². The molecule has 1 N–H and O–H groups in total. The topological polar surface area (TPSA) is 130 Å². The van der Waals surface area contributed by atoms with Crippen molar-refractivity contribution in [3.8, 4) is 0 Å². The number of nitrogens with one attached hydrogen (secondary N) is 1. The van der Waals surface area contributed by atoms with E-state index in [0.29, 0.717) is 13.0 Å². The molecule has 3 aromatic carbocycles. The van der Waals surface area contributed by atoms with E-state index in [1.54, 1.807) is 32.0 Å². The maximum Gasteiger partial charge on any atom is 0.271 e. The zero-order valence-electron chi connectivity index (χ0n) is 22.1. The fraction of sp³-hybridized carbons (Fsp3) is 0.286. The van der Waals surface area contributed by atoms with Gasteiger partial charge in [0.2, 0.25) is 11.8 Å². The molecule has 0 spiro atoms. The van der Waals surface area contributed by atoms with E-state index in [4.69, 9.17) is 0 Å². The maximum absolute atomic E-state index is 13.9. The molecule has 39 heavy (non-hydrogen) atoms. The second kappa shape index (κ2) is 13.0. The normalized spacial score (nSPS) is 11.9. The molecular formula is C28H32N4O6S. The predicted octanol–water partition coefficient (Wildman–Crippen LogP) is 4.04. The monoisotopic (exact) mass is 552 g/mol. The molecular weight excluding hydrogens is 520 g/mol. The first-order valence-corrected chi connectivity index (χ1v) is 14.0. The van der Waals surface area contributed by atoms with E-state index >= 15 is 0 Å². The van der Waals surface area contributed by atoms with E-state index in [1.807, 2.05) is 31.2 Å². The number of sulfonamides is 1. The Balaban J connectivity index is 2.08. The molecule has 0 aromatic heterocycles. The highest BCUT2D eigenvalue weighted by Gasteiger charge is 2.34. The average molecular weight is 553 g/mol. The molecule has 0 radical (unpaired) electrons. The first-order valence-electron chi connectivity index (χ1n) is 12.5. The number of nitrogens with zero attached hydrogens (tertiary/aromatic N) is 3. The van der Waals surface area contributed by atoms with Gasteiger partial charge in [-0.3, -0.25) is 24.0 Å². The summed E-state index contributed by atoms with van der Waals surface area (Å²) in [6.07, 6.45) is 0.297. The van der Waals surface area contributed by atoms with Crippen LogP contribution in [0.15, 0.2) is 83.8 Å². The van der Waals surface area contributed by atoms with Crippen LogP contribution < -0.4 is 9.62 Å². The Labute approximate surface area is 228 Å². The molecule has 3 aromatic rings. The number of nitro benzene ring substituents is 1. The van der Waals surface area contributed by atoms with Crippen molar-refractivity contribution in [3.63, 3.8) is 0 Å². The van der Waals surface area contributed by atoms with E-state index in [2.05, 4.69) is 5.32 Å². The summed E-state index contributed by atoms with van der Waals surface area (Å²) in [5.74, 6) is -0.979. The fourth-order valence-corrected chi connectivity index (χ4v) is 5.54. The number of hydrogen-bond donors (Lipinski definition) is 1. The van der Waals surface area contributed by atoms with Crippen LogP contribution in [0, 0.1) is 17.0 Å². The maximum atomic E-state index is 13.9. The molecule has 206 valence electrons. The van der Waals surface area contributed by atoms with Crippen molar-refractivity contribution in [2.24, 2.45) is 0 Å². The minimum atomic E-state index is -4.30. The molecule has 0 bridgehead atoms. The number of non-ortho nitro benzene ring substituents is 1. The van der Waals surface area contributed by atoms with Crippen LogP contribution in [-0.4, -0.2) is 49.2 Å². The van der Waals surface area contributed by atoms with Gasteiger partial charge in [0.15, 0.2) is 0 Å². The van der Waals surface area contributed by atoms with Gasteiger partial charge in [-0.25, -0.2) is 8.42 Å². The number of likely N-dealkylation sites (N-methyl/N-ethyl adjacent to an activating group) is 1. The third-order valence-corrected chi connectivity index (χ3v) is 7.94. The standard InChI is InChI=1S/C28H32N4O6S/c1-4-26(28(34)29-5-2)30(19-22-16-14-21(3)15-17-22)27(33)20-31(23-10-9-11-24(18-23)32(35)36)39(37,38)25-12-7-6-8-13-25/h6-18,26H,4-5,19-20H2,1-3H3,(H,29,34)/t26-/m1/s1. The molecule has 0 saturated heterocycles. The van der Waals surface area contributed by atoms with Gasteiger partial charge in [0, 0.05) is 25.2 Å². The highest BCUT2D eigenvalue weighted by atomic mass is 32.2. The van der Waals surface area contributed by atoms with E-state index in [1.165, 1.54) is 35.2 Å².